The van der Waals surface area contributed by atoms with Crippen LogP contribution in [0.15, 0.2) is 82.6 Å². The summed E-state index contributed by atoms with van der Waals surface area (Å²) in [4.78, 5) is 23.2. The van der Waals surface area contributed by atoms with E-state index < -0.39 is 5.97 Å². The summed E-state index contributed by atoms with van der Waals surface area (Å²) in [7, 11) is 0. The Morgan fingerprint density at radius 1 is 0.975 bits per heavy atom. The van der Waals surface area contributed by atoms with Crippen molar-refractivity contribution in [3.05, 3.63) is 94.9 Å². The maximum absolute atomic E-state index is 11.3. The molecule has 0 atom stereocenters. The summed E-state index contributed by atoms with van der Waals surface area (Å²) in [6.45, 7) is 2.07. The maximum atomic E-state index is 11.3. The number of nitrogens with zero attached hydrogens (tertiary/aromatic N) is 3. The molecule has 0 unspecified atom stereocenters. The number of thiazole rings is 1. The Kier molecular flexibility index (Phi) is 7.77. The minimum absolute atomic E-state index is 0.295. The van der Waals surface area contributed by atoms with E-state index in [-0.39, 0.29) is 0 Å². The Bertz CT molecular complexity index is 1570. The number of fused-ring (bicyclic) bond motifs is 1. The number of aromatic carboxylic acids is 1. The maximum Gasteiger partial charge on any atom is 0.335 e. The molecule has 0 saturated heterocycles. The Hall–Kier alpha value is -4.17. The van der Waals surface area contributed by atoms with E-state index in [0.29, 0.717) is 41.8 Å². The van der Waals surface area contributed by atoms with Gasteiger partial charge in [-0.3, -0.25) is 0 Å². The van der Waals surface area contributed by atoms with Crippen molar-refractivity contribution in [2.24, 2.45) is 5.92 Å². The molecular formula is C32H31N3O4S. The van der Waals surface area contributed by atoms with Gasteiger partial charge in [0.2, 0.25) is 5.89 Å². The highest BCUT2D eigenvalue weighted by atomic mass is 32.1. The average molecular weight is 554 g/mol. The van der Waals surface area contributed by atoms with Crippen LogP contribution in [0.25, 0.3) is 22.7 Å². The molecule has 8 heteroatoms. The highest BCUT2D eigenvalue weighted by Crippen LogP contribution is 2.33. The number of hydrogen-bond donors (Lipinski definition) is 1. The zero-order valence-corrected chi connectivity index (χ0v) is 23.0. The van der Waals surface area contributed by atoms with Crippen molar-refractivity contribution in [1.82, 2.24) is 9.97 Å². The quantitative estimate of drug-likeness (QED) is 0.189. The molecule has 40 heavy (non-hydrogen) atoms. The van der Waals surface area contributed by atoms with Gasteiger partial charge in [-0.15, -0.1) is 11.3 Å². The van der Waals surface area contributed by atoms with E-state index >= 15 is 0 Å². The fourth-order valence-electron chi connectivity index (χ4n) is 5.22. The fraction of sp³-hybridized carbons (Fsp3) is 0.281. The third-order valence-electron chi connectivity index (χ3n) is 7.37. The van der Waals surface area contributed by atoms with Gasteiger partial charge in [-0.25, -0.2) is 14.8 Å². The van der Waals surface area contributed by atoms with Crippen molar-refractivity contribution in [2.75, 3.05) is 11.4 Å². The number of oxazole rings is 1. The van der Waals surface area contributed by atoms with Crippen molar-refractivity contribution >= 4 is 33.5 Å². The minimum Gasteiger partial charge on any atom is -0.489 e. The second-order valence-electron chi connectivity index (χ2n) is 10.3. The second-order valence-corrected chi connectivity index (χ2v) is 11.2. The molecule has 3 aromatic carbocycles. The summed E-state index contributed by atoms with van der Waals surface area (Å²) in [5, 5.41) is 12.2. The average Bonchev–Trinajstić information content (AvgIpc) is 3.65. The van der Waals surface area contributed by atoms with E-state index in [4.69, 9.17) is 14.1 Å². The van der Waals surface area contributed by atoms with Gasteiger partial charge in [0, 0.05) is 24.5 Å². The molecule has 1 aliphatic carbocycles. The summed E-state index contributed by atoms with van der Waals surface area (Å²) in [5.74, 6) is 0.924. The van der Waals surface area contributed by atoms with Gasteiger partial charge < -0.3 is 19.2 Å². The third-order valence-corrected chi connectivity index (χ3v) is 8.27. The van der Waals surface area contributed by atoms with Crippen LogP contribution in [0, 0.1) is 5.92 Å². The predicted molar refractivity (Wildman–Crippen MR) is 157 cm³/mol. The van der Waals surface area contributed by atoms with Crippen LogP contribution < -0.4 is 9.64 Å². The number of rotatable bonds is 10. The van der Waals surface area contributed by atoms with Crippen LogP contribution in [0.1, 0.15) is 53.6 Å². The van der Waals surface area contributed by atoms with Gasteiger partial charge in [-0.05, 0) is 54.2 Å². The molecule has 7 nitrogen and oxygen atoms in total. The molecular weight excluding hydrogens is 522 g/mol. The van der Waals surface area contributed by atoms with E-state index in [1.807, 2.05) is 66.0 Å². The summed E-state index contributed by atoms with van der Waals surface area (Å²) < 4.78 is 12.1. The van der Waals surface area contributed by atoms with Gasteiger partial charge >= 0.3 is 5.97 Å². The SMILES string of the molecule is O=C(O)c1ccc(CN(CC2CCCCC2)c2nc(-c3nc4ccc(OCc5ccccc5)cc4o3)cs2)cc1. The largest absolute Gasteiger partial charge is 0.489 e. The smallest absolute Gasteiger partial charge is 0.335 e. The lowest BCUT2D eigenvalue weighted by Crippen LogP contribution is -2.30. The molecule has 0 amide bonds. The lowest BCUT2D eigenvalue weighted by molar-refractivity contribution is 0.0697. The van der Waals surface area contributed by atoms with Crippen molar-refractivity contribution < 1.29 is 19.1 Å². The summed E-state index contributed by atoms with van der Waals surface area (Å²) >= 11 is 1.58. The highest BCUT2D eigenvalue weighted by molar-refractivity contribution is 7.14. The van der Waals surface area contributed by atoms with Crippen LogP contribution in [-0.4, -0.2) is 27.6 Å². The number of carbonyl (C=O) groups is 1. The molecule has 0 spiro atoms. The van der Waals surface area contributed by atoms with E-state index in [2.05, 4.69) is 9.88 Å². The molecule has 0 radical (unpaired) electrons. The second kappa shape index (κ2) is 11.9. The minimum atomic E-state index is -0.914. The zero-order chi connectivity index (χ0) is 27.3. The van der Waals surface area contributed by atoms with Crippen molar-refractivity contribution in [3.8, 4) is 17.3 Å². The van der Waals surface area contributed by atoms with E-state index in [1.165, 1.54) is 32.1 Å². The molecule has 2 aromatic heterocycles. The van der Waals surface area contributed by atoms with Gasteiger partial charge in [-0.2, -0.15) is 0 Å². The van der Waals surface area contributed by atoms with Gasteiger partial charge in [0.25, 0.3) is 0 Å². The number of carboxylic acid groups (broad SMARTS) is 1. The number of benzene rings is 3. The first-order valence-electron chi connectivity index (χ1n) is 13.7. The first kappa shape index (κ1) is 26.1. The molecule has 0 aliphatic heterocycles. The van der Waals surface area contributed by atoms with E-state index in [1.54, 1.807) is 23.5 Å². The van der Waals surface area contributed by atoms with Crippen LogP contribution in [0.5, 0.6) is 5.75 Å². The van der Waals surface area contributed by atoms with Crippen molar-refractivity contribution in [2.45, 2.75) is 45.3 Å². The van der Waals surface area contributed by atoms with E-state index in [0.717, 1.165) is 34.1 Å². The molecule has 1 saturated carbocycles. The molecule has 5 aromatic rings. The Morgan fingerprint density at radius 2 is 1.77 bits per heavy atom. The van der Waals surface area contributed by atoms with Crippen LogP contribution in [0.4, 0.5) is 5.13 Å². The molecule has 204 valence electrons. The standard InChI is InChI=1S/C32H31N3O4S/c36-31(37)25-13-11-23(12-14-25)19-35(18-22-7-3-1-4-8-22)32-34-28(21-40-32)30-33-27-16-15-26(17-29(27)39-30)38-20-24-9-5-2-6-10-24/h2,5-6,9-17,21-22H,1,3-4,7-8,18-20H2,(H,36,37). The van der Waals surface area contributed by atoms with E-state index in [9.17, 15) is 9.90 Å². The van der Waals surface area contributed by atoms with Gasteiger partial charge in [0.05, 0.1) is 5.56 Å². The molecule has 2 heterocycles. The topological polar surface area (TPSA) is 88.7 Å². The lowest BCUT2D eigenvalue weighted by Gasteiger charge is -2.29. The van der Waals surface area contributed by atoms with Crippen LogP contribution >= 0.6 is 11.3 Å². The molecule has 1 fully saturated rings. The number of carboxylic acids is 1. The first-order valence-corrected chi connectivity index (χ1v) is 14.6. The van der Waals surface area contributed by atoms with Crippen LogP contribution in [0.2, 0.25) is 0 Å². The van der Waals surface area contributed by atoms with Crippen LogP contribution in [-0.2, 0) is 13.2 Å². The van der Waals surface area contributed by atoms with Crippen LogP contribution in [0.3, 0.4) is 0 Å². The monoisotopic (exact) mass is 553 g/mol. The summed E-state index contributed by atoms with van der Waals surface area (Å²) in [6, 6.07) is 22.9. The molecule has 0 bridgehead atoms. The van der Waals surface area contributed by atoms with Crippen molar-refractivity contribution in [1.29, 1.82) is 0 Å². The fourth-order valence-corrected chi connectivity index (χ4v) is 6.03. The third kappa shape index (κ3) is 6.18. The zero-order valence-electron chi connectivity index (χ0n) is 22.2. The number of hydrogen-bond acceptors (Lipinski definition) is 7. The lowest BCUT2D eigenvalue weighted by atomic mass is 9.89. The van der Waals surface area contributed by atoms with Gasteiger partial charge in [0.1, 0.15) is 23.6 Å². The number of aromatic nitrogens is 2. The number of anilines is 1. The highest BCUT2D eigenvalue weighted by Gasteiger charge is 2.22. The first-order chi connectivity index (χ1) is 19.6. The Balaban J connectivity index is 1.21. The van der Waals surface area contributed by atoms with Gasteiger partial charge in [-0.1, -0.05) is 61.7 Å². The summed E-state index contributed by atoms with van der Waals surface area (Å²) in [5.41, 5.74) is 4.58. The number of ether oxygens (including phenoxy) is 1. The van der Waals surface area contributed by atoms with Crippen molar-refractivity contribution in [3.63, 3.8) is 0 Å². The van der Waals surface area contributed by atoms with Gasteiger partial charge in [0.15, 0.2) is 10.7 Å². The Morgan fingerprint density at radius 3 is 2.55 bits per heavy atom. The Labute approximate surface area is 237 Å². The molecule has 6 rings (SSSR count). The summed E-state index contributed by atoms with van der Waals surface area (Å²) in [6.07, 6.45) is 6.31. The normalized spacial score (nSPS) is 13.9. The molecule has 1 N–H and O–H groups in total. The predicted octanol–water partition coefficient (Wildman–Crippen LogP) is 7.82. The molecule has 1 aliphatic rings.